The van der Waals surface area contributed by atoms with E-state index in [4.69, 9.17) is 0 Å². The first-order chi connectivity index (χ1) is 15.6. The molecular formula is C24H28N6O2. The molecule has 3 aromatic rings. The molecule has 1 amide bonds. The number of rotatable bonds is 6. The van der Waals surface area contributed by atoms with Gasteiger partial charge in [-0.25, -0.2) is 4.98 Å². The van der Waals surface area contributed by atoms with E-state index < -0.39 is 0 Å². The highest BCUT2D eigenvalue weighted by Crippen LogP contribution is 2.30. The number of aromatic nitrogens is 3. The molecule has 166 valence electrons. The molecule has 5 rings (SSSR count). The van der Waals surface area contributed by atoms with Crippen LogP contribution >= 0.6 is 0 Å². The van der Waals surface area contributed by atoms with Crippen molar-refractivity contribution in [1.29, 1.82) is 0 Å². The standard InChI is InChI=1S/C24H28N6O2/c1-2-17-12-20-21(27-23(17)31)11-16(13-25-20)15-29-7-9-30(10-8-29)19-5-6-22(26-14-19)28-24(32)18-3-4-18/h5-6,11-14,18H,2-4,7-10,15H2,1H3,(H,27,31)(H,26,28,32). The monoisotopic (exact) mass is 432 g/mol. The first-order valence-electron chi connectivity index (χ1n) is 11.3. The number of anilines is 2. The molecule has 0 atom stereocenters. The first kappa shape index (κ1) is 20.6. The maximum Gasteiger partial charge on any atom is 0.251 e. The van der Waals surface area contributed by atoms with Crippen LogP contribution in [0.2, 0.25) is 0 Å². The molecule has 4 heterocycles. The summed E-state index contributed by atoms with van der Waals surface area (Å²) in [4.78, 5) is 40.6. The van der Waals surface area contributed by atoms with Gasteiger partial charge in [-0.15, -0.1) is 0 Å². The van der Waals surface area contributed by atoms with E-state index in [9.17, 15) is 9.59 Å². The molecule has 0 spiro atoms. The second kappa shape index (κ2) is 8.70. The third-order valence-corrected chi connectivity index (χ3v) is 6.30. The van der Waals surface area contributed by atoms with Crippen molar-refractivity contribution in [2.24, 2.45) is 5.92 Å². The van der Waals surface area contributed by atoms with Crippen molar-refractivity contribution in [3.8, 4) is 0 Å². The van der Waals surface area contributed by atoms with E-state index in [0.29, 0.717) is 12.2 Å². The van der Waals surface area contributed by atoms with E-state index in [0.717, 1.165) is 73.4 Å². The largest absolute Gasteiger partial charge is 0.368 e. The number of aryl methyl sites for hydroxylation is 1. The Bertz CT molecular complexity index is 1180. The summed E-state index contributed by atoms with van der Waals surface area (Å²) in [6, 6.07) is 7.83. The molecule has 0 radical (unpaired) electrons. The van der Waals surface area contributed by atoms with Crippen molar-refractivity contribution in [2.45, 2.75) is 32.7 Å². The minimum absolute atomic E-state index is 0.0284. The summed E-state index contributed by atoms with van der Waals surface area (Å²) in [5.41, 5.74) is 4.54. The number of piperazine rings is 1. The average Bonchev–Trinajstić information content (AvgIpc) is 3.65. The lowest BCUT2D eigenvalue weighted by atomic mass is 10.1. The highest BCUT2D eigenvalue weighted by Gasteiger charge is 2.29. The number of carbonyl (C=O) groups excluding carboxylic acids is 1. The summed E-state index contributed by atoms with van der Waals surface area (Å²) in [6.07, 6.45) is 6.42. The number of fused-ring (bicyclic) bond motifs is 1. The van der Waals surface area contributed by atoms with Crippen LogP contribution in [-0.2, 0) is 17.8 Å². The Hall–Kier alpha value is -3.26. The Morgan fingerprint density at radius 1 is 1.12 bits per heavy atom. The number of hydrogen-bond acceptors (Lipinski definition) is 6. The quantitative estimate of drug-likeness (QED) is 0.622. The van der Waals surface area contributed by atoms with Gasteiger partial charge in [0.05, 0.1) is 22.9 Å². The van der Waals surface area contributed by atoms with Crippen LogP contribution < -0.4 is 15.8 Å². The molecule has 1 aliphatic carbocycles. The smallest absolute Gasteiger partial charge is 0.251 e. The van der Waals surface area contributed by atoms with Gasteiger partial charge in [0.1, 0.15) is 5.82 Å². The molecule has 0 bridgehead atoms. The van der Waals surface area contributed by atoms with Gasteiger partial charge >= 0.3 is 0 Å². The fourth-order valence-electron chi connectivity index (χ4n) is 4.16. The topological polar surface area (TPSA) is 94.2 Å². The number of pyridine rings is 3. The number of H-pyrrole nitrogens is 1. The lowest BCUT2D eigenvalue weighted by Crippen LogP contribution is -2.46. The SMILES string of the molecule is CCc1cc2ncc(CN3CCN(c4ccc(NC(=O)C5CC5)nc4)CC3)cc2[nH]c1=O. The number of amides is 1. The van der Waals surface area contributed by atoms with E-state index in [-0.39, 0.29) is 17.4 Å². The van der Waals surface area contributed by atoms with Gasteiger partial charge in [-0.05, 0) is 49.1 Å². The summed E-state index contributed by atoms with van der Waals surface area (Å²) in [6.45, 7) is 6.47. The third kappa shape index (κ3) is 4.50. The normalized spacial score (nSPS) is 17.0. The highest BCUT2D eigenvalue weighted by molar-refractivity contribution is 5.93. The van der Waals surface area contributed by atoms with Crippen LogP contribution in [-0.4, -0.2) is 51.9 Å². The van der Waals surface area contributed by atoms with Crippen molar-refractivity contribution >= 4 is 28.4 Å². The molecule has 0 unspecified atom stereocenters. The fourth-order valence-corrected chi connectivity index (χ4v) is 4.16. The van der Waals surface area contributed by atoms with Crippen molar-refractivity contribution in [3.63, 3.8) is 0 Å². The minimum atomic E-state index is -0.0284. The first-order valence-corrected chi connectivity index (χ1v) is 11.3. The van der Waals surface area contributed by atoms with E-state index in [1.54, 1.807) is 0 Å². The molecule has 1 saturated carbocycles. The number of hydrogen-bond donors (Lipinski definition) is 2. The average molecular weight is 433 g/mol. The number of nitrogens with zero attached hydrogens (tertiary/aromatic N) is 4. The van der Waals surface area contributed by atoms with E-state index in [2.05, 4.69) is 30.1 Å². The van der Waals surface area contributed by atoms with Crippen LogP contribution in [0.4, 0.5) is 11.5 Å². The van der Waals surface area contributed by atoms with Gasteiger partial charge in [-0.1, -0.05) is 6.92 Å². The van der Waals surface area contributed by atoms with E-state index in [1.165, 1.54) is 0 Å². The van der Waals surface area contributed by atoms with Crippen LogP contribution in [0.5, 0.6) is 0 Å². The molecule has 8 heteroatoms. The molecule has 1 aliphatic heterocycles. The number of carbonyl (C=O) groups is 1. The summed E-state index contributed by atoms with van der Waals surface area (Å²) in [5, 5.41) is 2.89. The molecule has 2 N–H and O–H groups in total. The van der Waals surface area contributed by atoms with E-state index >= 15 is 0 Å². The van der Waals surface area contributed by atoms with Gasteiger partial charge in [0, 0.05) is 50.4 Å². The number of aromatic amines is 1. The lowest BCUT2D eigenvalue weighted by Gasteiger charge is -2.36. The highest BCUT2D eigenvalue weighted by atomic mass is 16.2. The predicted molar refractivity (Wildman–Crippen MR) is 125 cm³/mol. The molecule has 3 aromatic heterocycles. The lowest BCUT2D eigenvalue weighted by molar-refractivity contribution is -0.117. The molecule has 1 saturated heterocycles. The molecular weight excluding hydrogens is 404 g/mol. The van der Waals surface area contributed by atoms with Crippen LogP contribution in [0, 0.1) is 5.92 Å². The summed E-state index contributed by atoms with van der Waals surface area (Å²) < 4.78 is 0. The van der Waals surface area contributed by atoms with Crippen molar-refractivity contribution in [3.05, 3.63) is 58.1 Å². The Kier molecular flexibility index (Phi) is 5.61. The van der Waals surface area contributed by atoms with Crippen LogP contribution in [0.1, 0.15) is 30.9 Å². The van der Waals surface area contributed by atoms with Gasteiger partial charge in [0.2, 0.25) is 5.91 Å². The van der Waals surface area contributed by atoms with Crippen molar-refractivity contribution < 1.29 is 4.79 Å². The van der Waals surface area contributed by atoms with Crippen LogP contribution in [0.3, 0.4) is 0 Å². The second-order valence-corrected chi connectivity index (χ2v) is 8.68. The van der Waals surface area contributed by atoms with E-state index in [1.807, 2.05) is 43.6 Å². The zero-order chi connectivity index (χ0) is 22.1. The Morgan fingerprint density at radius 3 is 2.62 bits per heavy atom. The number of nitrogens with one attached hydrogen (secondary N) is 2. The molecule has 2 fully saturated rings. The summed E-state index contributed by atoms with van der Waals surface area (Å²) in [5.74, 6) is 0.880. The molecule has 8 nitrogen and oxygen atoms in total. The maximum atomic E-state index is 12.1. The Morgan fingerprint density at radius 2 is 1.94 bits per heavy atom. The van der Waals surface area contributed by atoms with Crippen molar-refractivity contribution in [2.75, 3.05) is 36.4 Å². The van der Waals surface area contributed by atoms with Gasteiger partial charge < -0.3 is 15.2 Å². The third-order valence-electron chi connectivity index (χ3n) is 6.30. The maximum absolute atomic E-state index is 12.1. The van der Waals surface area contributed by atoms with Gasteiger partial charge in [0.15, 0.2) is 0 Å². The Balaban J connectivity index is 1.17. The zero-order valence-corrected chi connectivity index (χ0v) is 18.3. The van der Waals surface area contributed by atoms with Crippen LogP contribution in [0.25, 0.3) is 11.0 Å². The predicted octanol–water partition coefficient (Wildman–Crippen LogP) is 2.55. The van der Waals surface area contributed by atoms with Gasteiger partial charge in [0.25, 0.3) is 5.56 Å². The van der Waals surface area contributed by atoms with Gasteiger partial charge in [-0.2, -0.15) is 0 Å². The second-order valence-electron chi connectivity index (χ2n) is 8.68. The van der Waals surface area contributed by atoms with Gasteiger partial charge in [-0.3, -0.25) is 19.5 Å². The summed E-state index contributed by atoms with van der Waals surface area (Å²) in [7, 11) is 0. The zero-order valence-electron chi connectivity index (χ0n) is 18.3. The summed E-state index contributed by atoms with van der Waals surface area (Å²) >= 11 is 0. The Labute approximate surface area is 186 Å². The fraction of sp³-hybridized carbons (Fsp3) is 0.417. The molecule has 2 aliphatic rings. The molecule has 0 aromatic carbocycles. The van der Waals surface area contributed by atoms with Crippen LogP contribution in [0.15, 0.2) is 41.5 Å². The minimum Gasteiger partial charge on any atom is -0.368 e. The van der Waals surface area contributed by atoms with Crippen molar-refractivity contribution in [1.82, 2.24) is 19.9 Å². The molecule has 32 heavy (non-hydrogen) atoms.